The lowest BCUT2D eigenvalue weighted by Gasteiger charge is -2.39. The van der Waals surface area contributed by atoms with Crippen LogP contribution >= 0.6 is 0 Å². The second kappa shape index (κ2) is 9.67. The number of rotatable bonds is 6. The van der Waals surface area contributed by atoms with Crippen LogP contribution in [-0.2, 0) is 19.4 Å². The smallest absolute Gasteiger partial charge is 0.0607 e. The summed E-state index contributed by atoms with van der Waals surface area (Å²) in [6, 6.07) is 14.3. The van der Waals surface area contributed by atoms with Crippen molar-refractivity contribution < 1.29 is 0 Å². The molecule has 3 heteroatoms. The molecule has 2 aliphatic carbocycles. The Hall–Kier alpha value is -1.97. The summed E-state index contributed by atoms with van der Waals surface area (Å²) in [6.45, 7) is 5.58. The number of benzene rings is 1. The minimum atomic E-state index is 0.455. The van der Waals surface area contributed by atoms with Crippen LogP contribution in [0.5, 0.6) is 0 Å². The van der Waals surface area contributed by atoms with Crippen LogP contribution in [0, 0.1) is 0 Å². The van der Waals surface area contributed by atoms with E-state index in [0.717, 1.165) is 26.1 Å². The normalized spacial score (nSPS) is 23.5. The first-order valence-electron chi connectivity index (χ1n) is 12.5. The number of pyridine rings is 1. The van der Waals surface area contributed by atoms with Gasteiger partial charge in [0.15, 0.2) is 0 Å². The topological polar surface area (TPSA) is 28.2 Å². The van der Waals surface area contributed by atoms with Crippen LogP contribution in [0.3, 0.4) is 0 Å². The fourth-order valence-corrected chi connectivity index (χ4v) is 6.07. The molecule has 3 nitrogen and oxygen atoms in total. The van der Waals surface area contributed by atoms with E-state index in [2.05, 4.69) is 53.5 Å². The van der Waals surface area contributed by atoms with Gasteiger partial charge in [0.25, 0.3) is 0 Å². The zero-order valence-corrected chi connectivity index (χ0v) is 19.1. The summed E-state index contributed by atoms with van der Waals surface area (Å²) >= 11 is 0. The zero-order chi connectivity index (χ0) is 21.0. The number of aryl methyl sites for hydroxylation is 1. The summed E-state index contributed by atoms with van der Waals surface area (Å²) in [5.74, 6) is 0. The van der Waals surface area contributed by atoms with Gasteiger partial charge in [0.1, 0.15) is 0 Å². The molecule has 1 aromatic carbocycles. The van der Waals surface area contributed by atoms with E-state index in [1.807, 2.05) is 6.20 Å². The molecule has 0 saturated heterocycles. The van der Waals surface area contributed by atoms with Crippen molar-refractivity contribution in [1.82, 2.24) is 15.2 Å². The molecule has 1 N–H and O–H groups in total. The maximum atomic E-state index is 4.90. The largest absolute Gasteiger partial charge is 0.308 e. The van der Waals surface area contributed by atoms with Gasteiger partial charge in [-0.15, -0.1) is 0 Å². The number of hydrogen-bond acceptors (Lipinski definition) is 3. The third-order valence-corrected chi connectivity index (χ3v) is 7.75. The van der Waals surface area contributed by atoms with E-state index in [1.165, 1.54) is 73.8 Å². The molecule has 2 heterocycles. The Morgan fingerprint density at radius 1 is 0.935 bits per heavy atom. The third kappa shape index (κ3) is 4.63. The average Bonchev–Trinajstić information content (AvgIpc) is 2.83. The van der Waals surface area contributed by atoms with Crippen molar-refractivity contribution in [2.24, 2.45) is 0 Å². The highest BCUT2D eigenvalue weighted by Crippen LogP contribution is 2.36. The van der Waals surface area contributed by atoms with E-state index in [1.54, 1.807) is 11.1 Å². The molecule has 0 radical (unpaired) electrons. The third-order valence-electron chi connectivity index (χ3n) is 7.75. The Bertz CT molecular complexity index is 931. The molecule has 5 rings (SSSR count). The zero-order valence-electron chi connectivity index (χ0n) is 19.1. The maximum absolute atomic E-state index is 4.90. The molecule has 1 aliphatic heterocycles. The monoisotopic (exact) mass is 415 g/mol. The SMILES string of the molecule is CCC1=C(CN(C[C@H]2Cc3ccccc3CN2)C2CCCc3cccnc32)CCCC1. The predicted molar refractivity (Wildman–Crippen MR) is 128 cm³/mol. The summed E-state index contributed by atoms with van der Waals surface area (Å²) in [5.41, 5.74) is 9.28. The van der Waals surface area contributed by atoms with Crippen molar-refractivity contribution in [3.05, 3.63) is 76.1 Å². The highest BCUT2D eigenvalue weighted by atomic mass is 15.2. The van der Waals surface area contributed by atoms with Crippen molar-refractivity contribution in [1.29, 1.82) is 0 Å². The van der Waals surface area contributed by atoms with Gasteiger partial charge < -0.3 is 5.32 Å². The summed E-state index contributed by atoms with van der Waals surface area (Å²) < 4.78 is 0. The first-order chi connectivity index (χ1) is 15.3. The summed E-state index contributed by atoms with van der Waals surface area (Å²) in [7, 11) is 0. The summed E-state index contributed by atoms with van der Waals surface area (Å²) in [6.07, 6.45) is 13.4. The number of fused-ring (bicyclic) bond motifs is 2. The van der Waals surface area contributed by atoms with Crippen molar-refractivity contribution in [2.75, 3.05) is 13.1 Å². The number of nitrogens with zero attached hydrogens (tertiary/aromatic N) is 2. The van der Waals surface area contributed by atoms with Crippen LogP contribution in [0.4, 0.5) is 0 Å². The first-order valence-corrected chi connectivity index (χ1v) is 12.5. The van der Waals surface area contributed by atoms with Crippen LogP contribution < -0.4 is 5.32 Å². The van der Waals surface area contributed by atoms with E-state index < -0.39 is 0 Å². The molecule has 0 spiro atoms. The van der Waals surface area contributed by atoms with Crippen molar-refractivity contribution in [2.45, 2.75) is 83.3 Å². The fraction of sp³-hybridized carbons (Fsp3) is 0.536. The molecule has 1 unspecified atom stereocenters. The molecule has 0 amide bonds. The lowest BCUT2D eigenvalue weighted by molar-refractivity contribution is 0.164. The second-order valence-electron chi connectivity index (χ2n) is 9.70. The van der Waals surface area contributed by atoms with Crippen molar-refractivity contribution in [3.8, 4) is 0 Å². The minimum Gasteiger partial charge on any atom is -0.308 e. The lowest BCUT2D eigenvalue weighted by atomic mass is 9.87. The first kappa shape index (κ1) is 20.9. The average molecular weight is 416 g/mol. The Morgan fingerprint density at radius 3 is 2.61 bits per heavy atom. The van der Waals surface area contributed by atoms with Crippen LogP contribution in [0.2, 0.25) is 0 Å². The van der Waals surface area contributed by atoms with E-state index >= 15 is 0 Å². The molecule has 2 aromatic rings. The Kier molecular flexibility index (Phi) is 6.52. The molecule has 0 fully saturated rings. The Morgan fingerprint density at radius 2 is 1.74 bits per heavy atom. The predicted octanol–water partition coefficient (Wildman–Crippen LogP) is 5.76. The molecule has 0 saturated carbocycles. The van der Waals surface area contributed by atoms with Gasteiger partial charge in [-0.1, -0.05) is 48.4 Å². The van der Waals surface area contributed by atoms with Gasteiger partial charge in [-0.2, -0.15) is 0 Å². The molecule has 1 aromatic heterocycles. The van der Waals surface area contributed by atoms with E-state index in [4.69, 9.17) is 4.98 Å². The molecule has 164 valence electrons. The summed E-state index contributed by atoms with van der Waals surface area (Å²) in [5, 5.41) is 3.85. The van der Waals surface area contributed by atoms with Crippen LogP contribution in [0.1, 0.15) is 80.3 Å². The standard InChI is InChI=1S/C28H37N3/c1-2-21-9-3-6-12-25(21)19-31(27-15-7-13-22-14-8-16-29-28(22)27)20-26-17-23-10-4-5-11-24(23)18-30-26/h4-5,8,10-11,14,16,26-27,30H,2-3,6-7,9,12-13,15,17-20H2,1H3/t26-,27?/m1/s1. The molecule has 3 aliphatic rings. The quantitative estimate of drug-likeness (QED) is 0.608. The van der Waals surface area contributed by atoms with Crippen LogP contribution in [0.15, 0.2) is 53.7 Å². The van der Waals surface area contributed by atoms with E-state index in [9.17, 15) is 0 Å². The minimum absolute atomic E-state index is 0.455. The van der Waals surface area contributed by atoms with Gasteiger partial charge in [0, 0.05) is 31.9 Å². The van der Waals surface area contributed by atoms with Crippen LogP contribution in [0.25, 0.3) is 0 Å². The number of aromatic nitrogens is 1. The lowest BCUT2D eigenvalue weighted by Crippen LogP contribution is -2.47. The van der Waals surface area contributed by atoms with Crippen molar-refractivity contribution >= 4 is 0 Å². The summed E-state index contributed by atoms with van der Waals surface area (Å²) in [4.78, 5) is 7.70. The van der Waals surface area contributed by atoms with Gasteiger partial charge in [0.2, 0.25) is 0 Å². The fourth-order valence-electron chi connectivity index (χ4n) is 6.07. The molecular formula is C28H37N3. The van der Waals surface area contributed by atoms with Gasteiger partial charge in [-0.25, -0.2) is 0 Å². The van der Waals surface area contributed by atoms with Crippen LogP contribution in [-0.4, -0.2) is 29.0 Å². The number of nitrogens with one attached hydrogen (secondary N) is 1. The van der Waals surface area contributed by atoms with Gasteiger partial charge in [0.05, 0.1) is 11.7 Å². The number of hydrogen-bond donors (Lipinski definition) is 1. The molecule has 31 heavy (non-hydrogen) atoms. The molecule has 0 bridgehead atoms. The van der Waals surface area contributed by atoms with E-state index in [0.29, 0.717) is 12.1 Å². The van der Waals surface area contributed by atoms with Gasteiger partial charge in [-0.05, 0) is 80.5 Å². The van der Waals surface area contributed by atoms with Crippen molar-refractivity contribution in [3.63, 3.8) is 0 Å². The highest BCUT2D eigenvalue weighted by Gasteiger charge is 2.31. The Labute approximate surface area is 188 Å². The second-order valence-corrected chi connectivity index (χ2v) is 9.70. The van der Waals surface area contributed by atoms with E-state index in [-0.39, 0.29) is 0 Å². The number of allylic oxidation sites excluding steroid dienone is 1. The molecular weight excluding hydrogens is 378 g/mol. The maximum Gasteiger partial charge on any atom is 0.0607 e. The Balaban J connectivity index is 1.42. The highest BCUT2D eigenvalue weighted by molar-refractivity contribution is 5.31. The van der Waals surface area contributed by atoms with Gasteiger partial charge >= 0.3 is 0 Å². The molecule has 2 atom stereocenters. The van der Waals surface area contributed by atoms with Gasteiger partial charge in [-0.3, -0.25) is 9.88 Å².